The first-order valence-corrected chi connectivity index (χ1v) is 10.2. The van der Waals surface area contributed by atoms with Crippen molar-refractivity contribution in [2.75, 3.05) is 13.7 Å². The van der Waals surface area contributed by atoms with Crippen molar-refractivity contribution < 1.29 is 9.53 Å². The number of fused-ring (bicyclic) bond motifs is 4. The van der Waals surface area contributed by atoms with Crippen LogP contribution in [0.25, 0.3) is 10.9 Å². The summed E-state index contributed by atoms with van der Waals surface area (Å²) < 4.78 is 7.66. The molecule has 2 heterocycles. The molecule has 1 aliphatic carbocycles. The molecule has 0 radical (unpaired) electrons. The third-order valence-electron chi connectivity index (χ3n) is 6.65. The highest BCUT2D eigenvalue weighted by Gasteiger charge is 2.39. The van der Waals surface area contributed by atoms with Gasteiger partial charge in [0.05, 0.1) is 12.7 Å². The molecule has 1 saturated heterocycles. The molecular weight excluding hydrogens is 348 g/mol. The van der Waals surface area contributed by atoms with Gasteiger partial charge >= 0.3 is 0 Å². The van der Waals surface area contributed by atoms with Crippen LogP contribution in [0, 0.1) is 0 Å². The van der Waals surface area contributed by atoms with Gasteiger partial charge in [-0.2, -0.15) is 0 Å². The van der Waals surface area contributed by atoms with Crippen LogP contribution in [0.3, 0.4) is 0 Å². The summed E-state index contributed by atoms with van der Waals surface area (Å²) in [5.41, 5.74) is 4.66. The normalized spacial score (nSPS) is 21.3. The van der Waals surface area contributed by atoms with Crippen LogP contribution >= 0.6 is 0 Å². The van der Waals surface area contributed by atoms with Crippen molar-refractivity contribution in [1.29, 1.82) is 0 Å². The second kappa shape index (κ2) is 6.69. The summed E-state index contributed by atoms with van der Waals surface area (Å²) in [6.45, 7) is 0.850. The molecule has 1 fully saturated rings. The molecule has 1 aromatic heterocycles. The molecule has 0 spiro atoms. The number of para-hydroxylation sites is 1. The van der Waals surface area contributed by atoms with E-state index in [1.54, 1.807) is 7.11 Å². The number of likely N-dealkylation sites (tertiary alicyclic amines) is 1. The summed E-state index contributed by atoms with van der Waals surface area (Å²) >= 11 is 0. The molecule has 1 amide bonds. The number of hydrogen-bond donors (Lipinski definition) is 0. The first-order valence-electron chi connectivity index (χ1n) is 10.2. The van der Waals surface area contributed by atoms with Gasteiger partial charge < -0.3 is 14.2 Å². The Balaban J connectivity index is 1.52. The number of carbonyl (C=O) groups is 1. The topological polar surface area (TPSA) is 34.5 Å². The highest BCUT2D eigenvalue weighted by Crippen LogP contribution is 2.44. The Bertz CT molecular complexity index is 1050. The van der Waals surface area contributed by atoms with Gasteiger partial charge in [-0.05, 0) is 48.9 Å². The minimum absolute atomic E-state index is 0.179. The van der Waals surface area contributed by atoms with E-state index in [4.69, 9.17) is 4.74 Å². The number of benzene rings is 2. The molecule has 0 saturated carbocycles. The molecule has 28 heavy (non-hydrogen) atoms. The van der Waals surface area contributed by atoms with E-state index in [1.165, 1.54) is 11.1 Å². The van der Waals surface area contributed by atoms with Crippen molar-refractivity contribution >= 4 is 16.8 Å². The number of ether oxygens (including phenoxy) is 1. The van der Waals surface area contributed by atoms with Gasteiger partial charge in [0.1, 0.15) is 5.75 Å². The maximum Gasteiger partial charge on any atom is 0.256 e. The van der Waals surface area contributed by atoms with E-state index in [2.05, 4.69) is 39.8 Å². The first kappa shape index (κ1) is 17.4. The molecule has 2 aromatic carbocycles. The van der Waals surface area contributed by atoms with E-state index >= 15 is 0 Å². The Morgan fingerprint density at radius 2 is 1.96 bits per heavy atom. The zero-order valence-corrected chi connectivity index (χ0v) is 16.5. The van der Waals surface area contributed by atoms with Crippen molar-refractivity contribution in [3.63, 3.8) is 0 Å². The van der Waals surface area contributed by atoms with Gasteiger partial charge in [-0.1, -0.05) is 30.3 Å². The van der Waals surface area contributed by atoms with Gasteiger partial charge in [0.25, 0.3) is 5.91 Å². The highest BCUT2D eigenvalue weighted by atomic mass is 16.5. The highest BCUT2D eigenvalue weighted by molar-refractivity contribution is 6.07. The quantitative estimate of drug-likeness (QED) is 0.661. The lowest BCUT2D eigenvalue weighted by molar-refractivity contribution is 0.0548. The van der Waals surface area contributed by atoms with E-state index < -0.39 is 0 Å². The minimum atomic E-state index is 0.179. The summed E-state index contributed by atoms with van der Waals surface area (Å²) in [6.07, 6.45) is 6.17. The predicted molar refractivity (Wildman–Crippen MR) is 111 cm³/mol. The van der Waals surface area contributed by atoms with E-state index in [0.717, 1.165) is 54.4 Å². The molecular formula is C24H26N2O2. The van der Waals surface area contributed by atoms with E-state index in [9.17, 15) is 4.79 Å². The molecule has 144 valence electrons. The minimum Gasteiger partial charge on any atom is -0.496 e. The smallest absolute Gasteiger partial charge is 0.256 e. The summed E-state index contributed by atoms with van der Waals surface area (Å²) in [5.74, 6) is 1.58. The maximum atomic E-state index is 13.6. The van der Waals surface area contributed by atoms with Crippen LogP contribution in [0.1, 0.15) is 46.7 Å². The lowest BCUT2D eigenvalue weighted by Crippen LogP contribution is -2.49. The summed E-state index contributed by atoms with van der Waals surface area (Å²) in [7, 11) is 3.76. The SMILES string of the molecule is COc1cccc2c1CC[C@H]1[C@@H]2CCCN1C(=O)c1cn(C)c2ccccc12. The van der Waals surface area contributed by atoms with Crippen molar-refractivity contribution in [3.05, 3.63) is 65.4 Å². The molecule has 4 heteroatoms. The number of methoxy groups -OCH3 is 1. The van der Waals surface area contributed by atoms with Gasteiger partial charge in [-0.3, -0.25) is 4.79 Å². The molecule has 2 aliphatic rings. The van der Waals surface area contributed by atoms with Gasteiger partial charge in [0, 0.05) is 42.7 Å². The monoisotopic (exact) mass is 374 g/mol. The van der Waals surface area contributed by atoms with Crippen LogP contribution in [0.5, 0.6) is 5.75 Å². The van der Waals surface area contributed by atoms with Crippen LogP contribution in [-0.2, 0) is 13.5 Å². The zero-order valence-electron chi connectivity index (χ0n) is 16.5. The number of rotatable bonds is 2. The van der Waals surface area contributed by atoms with Crippen molar-refractivity contribution in [2.24, 2.45) is 7.05 Å². The van der Waals surface area contributed by atoms with E-state index in [-0.39, 0.29) is 11.9 Å². The number of hydrogen-bond acceptors (Lipinski definition) is 2. The van der Waals surface area contributed by atoms with Crippen LogP contribution in [0.15, 0.2) is 48.7 Å². The van der Waals surface area contributed by atoms with E-state index in [1.807, 2.05) is 25.4 Å². The molecule has 5 rings (SSSR count). The molecule has 1 aliphatic heterocycles. The number of nitrogens with zero attached hydrogens (tertiary/aromatic N) is 2. The first-order chi connectivity index (χ1) is 13.7. The Labute approximate surface area is 165 Å². The number of aromatic nitrogens is 1. The van der Waals surface area contributed by atoms with Crippen LogP contribution in [0.2, 0.25) is 0 Å². The molecule has 0 N–H and O–H groups in total. The lowest BCUT2D eigenvalue weighted by atomic mass is 9.74. The second-order valence-electron chi connectivity index (χ2n) is 8.05. The lowest BCUT2D eigenvalue weighted by Gasteiger charge is -2.45. The fraction of sp³-hybridized carbons (Fsp3) is 0.375. The van der Waals surface area contributed by atoms with Crippen molar-refractivity contribution in [1.82, 2.24) is 9.47 Å². The van der Waals surface area contributed by atoms with Crippen molar-refractivity contribution in [2.45, 2.75) is 37.6 Å². The molecule has 0 unspecified atom stereocenters. The van der Waals surface area contributed by atoms with Gasteiger partial charge in [-0.15, -0.1) is 0 Å². The third kappa shape index (κ3) is 2.55. The molecule has 3 aromatic rings. The number of carbonyl (C=O) groups excluding carboxylic acids is 1. The molecule has 2 atom stereocenters. The number of piperidine rings is 1. The van der Waals surface area contributed by atoms with Gasteiger partial charge in [0.15, 0.2) is 0 Å². The van der Waals surface area contributed by atoms with Crippen molar-refractivity contribution in [3.8, 4) is 5.75 Å². The third-order valence-corrected chi connectivity index (χ3v) is 6.65. The van der Waals surface area contributed by atoms with E-state index in [0.29, 0.717) is 5.92 Å². The zero-order chi connectivity index (χ0) is 19.3. The van der Waals surface area contributed by atoms with Crippen LogP contribution in [-0.4, -0.2) is 35.1 Å². The maximum absolute atomic E-state index is 13.6. The average molecular weight is 374 g/mol. The Morgan fingerprint density at radius 1 is 1.11 bits per heavy atom. The van der Waals surface area contributed by atoms with Gasteiger partial charge in [-0.25, -0.2) is 0 Å². The Morgan fingerprint density at radius 3 is 2.82 bits per heavy atom. The van der Waals surface area contributed by atoms with Crippen LogP contribution in [0.4, 0.5) is 0 Å². The largest absolute Gasteiger partial charge is 0.496 e. The number of amides is 1. The summed E-state index contributed by atoms with van der Waals surface area (Å²) in [4.78, 5) is 15.8. The second-order valence-corrected chi connectivity index (χ2v) is 8.05. The fourth-order valence-electron chi connectivity index (χ4n) is 5.38. The number of aryl methyl sites for hydroxylation is 1. The molecule has 4 nitrogen and oxygen atoms in total. The molecule has 0 bridgehead atoms. The Hall–Kier alpha value is -2.75. The average Bonchev–Trinajstić information content (AvgIpc) is 3.09. The fourth-order valence-corrected chi connectivity index (χ4v) is 5.38. The van der Waals surface area contributed by atoms with Gasteiger partial charge in [0.2, 0.25) is 0 Å². The standard InChI is InChI=1S/C24H26N2O2/c1-25-15-20(18-7-3-4-10-21(18)25)24(27)26-14-6-9-17-16-8-5-11-23(28-2)19(16)12-13-22(17)26/h3-5,7-8,10-11,15,17,22H,6,9,12-14H2,1-2H3/t17-,22+/m1/s1. The Kier molecular flexibility index (Phi) is 4.15. The summed E-state index contributed by atoms with van der Waals surface area (Å²) in [5, 5.41) is 1.05. The predicted octanol–water partition coefficient (Wildman–Crippen LogP) is 4.52. The van der Waals surface area contributed by atoms with Crippen LogP contribution < -0.4 is 4.74 Å². The summed E-state index contributed by atoms with van der Waals surface area (Å²) in [6, 6.07) is 14.8.